The van der Waals surface area contributed by atoms with Gasteiger partial charge >= 0.3 is 0 Å². The van der Waals surface area contributed by atoms with Gasteiger partial charge in [0.15, 0.2) is 0 Å². The minimum Gasteiger partial charge on any atom is -0.376 e. The Morgan fingerprint density at radius 2 is 2.21 bits per heavy atom. The van der Waals surface area contributed by atoms with Crippen LogP contribution >= 0.6 is 0 Å². The van der Waals surface area contributed by atoms with E-state index in [9.17, 15) is 0 Å². The molecule has 3 heteroatoms. The van der Waals surface area contributed by atoms with Gasteiger partial charge in [0, 0.05) is 25.7 Å². The molecule has 2 saturated heterocycles. The Kier molecular flexibility index (Phi) is 5.67. The molecule has 3 unspecified atom stereocenters. The van der Waals surface area contributed by atoms with Gasteiger partial charge < -0.3 is 10.1 Å². The van der Waals surface area contributed by atoms with Gasteiger partial charge in [-0.3, -0.25) is 4.90 Å². The highest BCUT2D eigenvalue weighted by molar-refractivity contribution is 4.91. The molecule has 0 aliphatic carbocycles. The number of ether oxygens (including phenoxy) is 1. The largest absolute Gasteiger partial charge is 0.376 e. The predicted octanol–water partition coefficient (Wildman–Crippen LogP) is 2.66. The first-order valence-corrected chi connectivity index (χ1v) is 8.25. The molecule has 0 aromatic carbocycles. The van der Waals surface area contributed by atoms with Crippen molar-refractivity contribution < 1.29 is 4.74 Å². The average Bonchev–Trinajstić information content (AvgIpc) is 2.40. The minimum atomic E-state index is 0.401. The first kappa shape index (κ1) is 15.3. The van der Waals surface area contributed by atoms with E-state index < -0.39 is 0 Å². The monoisotopic (exact) mass is 268 g/mol. The quantitative estimate of drug-likeness (QED) is 0.829. The molecule has 0 bridgehead atoms. The van der Waals surface area contributed by atoms with Crippen molar-refractivity contribution in [1.82, 2.24) is 10.2 Å². The SMILES string of the molecule is CCCC1(CN2CC(C)OCC2CC)CCCNC1. The molecular weight excluding hydrogens is 236 g/mol. The predicted molar refractivity (Wildman–Crippen MR) is 80.5 cm³/mol. The van der Waals surface area contributed by atoms with Crippen molar-refractivity contribution in [1.29, 1.82) is 0 Å². The van der Waals surface area contributed by atoms with E-state index in [1.807, 2.05) is 0 Å². The zero-order valence-electron chi connectivity index (χ0n) is 13.1. The van der Waals surface area contributed by atoms with E-state index >= 15 is 0 Å². The number of morpholine rings is 1. The maximum absolute atomic E-state index is 5.84. The van der Waals surface area contributed by atoms with E-state index in [-0.39, 0.29) is 0 Å². The second-order valence-corrected chi connectivity index (χ2v) is 6.67. The summed E-state index contributed by atoms with van der Waals surface area (Å²) in [5, 5.41) is 3.64. The van der Waals surface area contributed by atoms with Crippen LogP contribution < -0.4 is 5.32 Å². The van der Waals surface area contributed by atoms with Gasteiger partial charge in [-0.2, -0.15) is 0 Å². The van der Waals surface area contributed by atoms with Crippen molar-refractivity contribution >= 4 is 0 Å². The third-order valence-corrected chi connectivity index (χ3v) is 4.93. The summed E-state index contributed by atoms with van der Waals surface area (Å²) in [6, 6.07) is 0.631. The maximum atomic E-state index is 5.84. The number of piperidine rings is 1. The first-order valence-electron chi connectivity index (χ1n) is 8.25. The molecule has 0 amide bonds. The summed E-state index contributed by atoms with van der Waals surface area (Å²) in [6.07, 6.45) is 7.02. The molecule has 0 saturated carbocycles. The lowest BCUT2D eigenvalue weighted by atomic mass is 9.76. The van der Waals surface area contributed by atoms with Gasteiger partial charge in [0.05, 0.1) is 12.7 Å². The van der Waals surface area contributed by atoms with E-state index in [1.54, 1.807) is 0 Å². The van der Waals surface area contributed by atoms with E-state index in [1.165, 1.54) is 51.7 Å². The third kappa shape index (κ3) is 3.93. The average molecular weight is 268 g/mol. The summed E-state index contributed by atoms with van der Waals surface area (Å²) in [7, 11) is 0. The number of nitrogens with one attached hydrogen (secondary N) is 1. The van der Waals surface area contributed by atoms with Crippen LogP contribution in [0, 0.1) is 5.41 Å². The number of rotatable bonds is 5. The summed E-state index contributed by atoms with van der Waals surface area (Å²) in [6.45, 7) is 12.6. The molecule has 3 atom stereocenters. The zero-order valence-corrected chi connectivity index (χ0v) is 13.1. The topological polar surface area (TPSA) is 24.5 Å². The number of nitrogens with zero attached hydrogens (tertiary/aromatic N) is 1. The first-order chi connectivity index (χ1) is 9.19. The molecule has 2 aliphatic rings. The van der Waals surface area contributed by atoms with Crippen molar-refractivity contribution in [2.24, 2.45) is 5.41 Å². The third-order valence-electron chi connectivity index (χ3n) is 4.93. The molecule has 3 nitrogen and oxygen atoms in total. The number of hydrogen-bond acceptors (Lipinski definition) is 3. The zero-order chi connectivity index (χ0) is 13.7. The van der Waals surface area contributed by atoms with Crippen LogP contribution in [0.1, 0.15) is 52.9 Å². The van der Waals surface area contributed by atoms with Crippen LogP contribution in [0.3, 0.4) is 0 Å². The fourth-order valence-electron chi connectivity index (χ4n) is 3.90. The smallest absolute Gasteiger partial charge is 0.0674 e. The van der Waals surface area contributed by atoms with Crippen molar-refractivity contribution in [3.8, 4) is 0 Å². The molecule has 0 radical (unpaired) electrons. The van der Waals surface area contributed by atoms with Crippen LogP contribution in [0.4, 0.5) is 0 Å². The summed E-state index contributed by atoms with van der Waals surface area (Å²) in [5.74, 6) is 0. The Morgan fingerprint density at radius 3 is 2.84 bits per heavy atom. The van der Waals surface area contributed by atoms with E-state index in [4.69, 9.17) is 4.74 Å². The van der Waals surface area contributed by atoms with Crippen molar-refractivity contribution in [2.45, 2.75) is 65.0 Å². The molecule has 2 fully saturated rings. The molecule has 1 N–H and O–H groups in total. The fourth-order valence-corrected chi connectivity index (χ4v) is 3.90. The number of hydrogen-bond donors (Lipinski definition) is 1. The van der Waals surface area contributed by atoms with Gasteiger partial charge in [-0.25, -0.2) is 0 Å². The van der Waals surface area contributed by atoms with Gasteiger partial charge in [-0.15, -0.1) is 0 Å². The standard InChI is InChI=1S/C16H32N2O/c1-4-7-16(8-6-9-17-12-16)13-18-10-14(3)19-11-15(18)5-2/h14-15,17H,4-13H2,1-3H3. The summed E-state index contributed by atoms with van der Waals surface area (Å²) in [5.41, 5.74) is 0.511. The molecule has 2 aliphatic heterocycles. The Bertz CT molecular complexity index is 258. The van der Waals surface area contributed by atoms with E-state index in [0.717, 1.165) is 13.2 Å². The van der Waals surface area contributed by atoms with Crippen LogP contribution in [-0.2, 0) is 4.74 Å². The highest BCUT2D eigenvalue weighted by atomic mass is 16.5. The van der Waals surface area contributed by atoms with E-state index in [0.29, 0.717) is 17.6 Å². The molecule has 19 heavy (non-hydrogen) atoms. The van der Waals surface area contributed by atoms with Gasteiger partial charge in [0.1, 0.15) is 0 Å². The summed E-state index contributed by atoms with van der Waals surface area (Å²) >= 11 is 0. The van der Waals surface area contributed by atoms with Crippen LogP contribution in [0.15, 0.2) is 0 Å². The lowest BCUT2D eigenvalue weighted by Crippen LogP contribution is -2.55. The van der Waals surface area contributed by atoms with Gasteiger partial charge in [-0.1, -0.05) is 20.3 Å². The van der Waals surface area contributed by atoms with Crippen LogP contribution in [0.25, 0.3) is 0 Å². The second-order valence-electron chi connectivity index (χ2n) is 6.67. The highest BCUT2D eigenvalue weighted by Gasteiger charge is 2.36. The molecule has 112 valence electrons. The maximum Gasteiger partial charge on any atom is 0.0674 e. The second kappa shape index (κ2) is 7.05. The molecule has 0 spiro atoms. The van der Waals surface area contributed by atoms with Crippen LogP contribution in [0.2, 0.25) is 0 Å². The molecular formula is C16H32N2O. The van der Waals surface area contributed by atoms with Crippen molar-refractivity contribution in [3.63, 3.8) is 0 Å². The highest BCUT2D eigenvalue weighted by Crippen LogP contribution is 2.34. The van der Waals surface area contributed by atoms with Gasteiger partial charge in [0.2, 0.25) is 0 Å². The van der Waals surface area contributed by atoms with E-state index in [2.05, 4.69) is 31.0 Å². The fraction of sp³-hybridized carbons (Fsp3) is 1.00. The molecule has 0 aromatic heterocycles. The Hall–Kier alpha value is -0.120. The Balaban J connectivity index is 2.01. The summed E-state index contributed by atoms with van der Waals surface area (Å²) in [4.78, 5) is 2.72. The molecule has 2 heterocycles. The summed E-state index contributed by atoms with van der Waals surface area (Å²) < 4.78 is 5.84. The normalized spacial score (nSPS) is 37.4. The lowest BCUT2D eigenvalue weighted by Gasteiger charge is -2.46. The van der Waals surface area contributed by atoms with Crippen molar-refractivity contribution in [2.75, 3.05) is 32.8 Å². The van der Waals surface area contributed by atoms with Crippen LogP contribution in [-0.4, -0.2) is 49.8 Å². The van der Waals surface area contributed by atoms with Gasteiger partial charge in [0.25, 0.3) is 0 Å². The van der Waals surface area contributed by atoms with Crippen molar-refractivity contribution in [3.05, 3.63) is 0 Å². The Labute approximate surface area is 119 Å². The van der Waals surface area contributed by atoms with Crippen LogP contribution in [0.5, 0.6) is 0 Å². The molecule has 2 rings (SSSR count). The minimum absolute atomic E-state index is 0.401. The Morgan fingerprint density at radius 1 is 1.37 bits per heavy atom. The molecule has 0 aromatic rings. The van der Waals surface area contributed by atoms with Gasteiger partial charge in [-0.05, 0) is 44.6 Å². The lowest BCUT2D eigenvalue weighted by molar-refractivity contribution is -0.0726.